The standard InChI is InChI=1S/C23H29N3O5/c1-3-6-18(12-21(29)24-15(2)13-27)22(30)26-20(14-28)23(31)25-19-10-9-16-7-4-5-8-17(16)11-19/h3-5,7-11,15,18,20,27-28H,1,6,12-14H2,2H3,(H,24,29)(H,25,31)(H,26,30)/t15-,18-,20-/m0/s1. The zero-order chi connectivity index (χ0) is 22.8. The van der Waals surface area contributed by atoms with Crippen molar-refractivity contribution >= 4 is 34.2 Å². The molecule has 0 saturated carbocycles. The third kappa shape index (κ3) is 7.20. The summed E-state index contributed by atoms with van der Waals surface area (Å²) in [7, 11) is 0. The van der Waals surface area contributed by atoms with Gasteiger partial charge in [0.1, 0.15) is 6.04 Å². The van der Waals surface area contributed by atoms with Crippen molar-refractivity contribution in [3.05, 3.63) is 55.1 Å². The number of benzene rings is 2. The molecule has 2 aromatic rings. The molecule has 2 aromatic carbocycles. The van der Waals surface area contributed by atoms with Crippen molar-refractivity contribution < 1.29 is 24.6 Å². The molecule has 0 aliphatic heterocycles. The summed E-state index contributed by atoms with van der Waals surface area (Å²) in [4.78, 5) is 37.3. The molecule has 8 heteroatoms. The Balaban J connectivity index is 2.02. The maximum atomic E-state index is 12.6. The molecular weight excluding hydrogens is 398 g/mol. The first-order valence-electron chi connectivity index (χ1n) is 10.1. The van der Waals surface area contributed by atoms with Gasteiger partial charge in [0.2, 0.25) is 17.7 Å². The molecule has 5 N–H and O–H groups in total. The second kappa shape index (κ2) is 11.8. The summed E-state index contributed by atoms with van der Waals surface area (Å²) in [6, 6.07) is 11.5. The molecule has 3 atom stereocenters. The lowest BCUT2D eigenvalue weighted by Crippen LogP contribution is -2.49. The molecule has 0 aliphatic rings. The van der Waals surface area contributed by atoms with Crippen LogP contribution in [0.4, 0.5) is 5.69 Å². The minimum Gasteiger partial charge on any atom is -0.394 e. The largest absolute Gasteiger partial charge is 0.394 e. The third-order valence-corrected chi connectivity index (χ3v) is 4.77. The lowest BCUT2D eigenvalue weighted by atomic mass is 9.99. The van der Waals surface area contributed by atoms with E-state index in [1.165, 1.54) is 6.08 Å². The van der Waals surface area contributed by atoms with E-state index in [1.807, 2.05) is 30.3 Å². The van der Waals surface area contributed by atoms with E-state index >= 15 is 0 Å². The van der Waals surface area contributed by atoms with Crippen LogP contribution >= 0.6 is 0 Å². The van der Waals surface area contributed by atoms with Gasteiger partial charge in [-0.05, 0) is 36.2 Å². The topological polar surface area (TPSA) is 128 Å². The summed E-state index contributed by atoms with van der Waals surface area (Å²) in [6.45, 7) is 4.43. The van der Waals surface area contributed by atoms with Gasteiger partial charge in [0.05, 0.1) is 19.1 Å². The highest BCUT2D eigenvalue weighted by Crippen LogP contribution is 2.19. The van der Waals surface area contributed by atoms with Crippen LogP contribution in [0.3, 0.4) is 0 Å². The highest BCUT2D eigenvalue weighted by atomic mass is 16.3. The van der Waals surface area contributed by atoms with Crippen molar-refractivity contribution in [1.82, 2.24) is 10.6 Å². The molecule has 0 aromatic heterocycles. The van der Waals surface area contributed by atoms with E-state index in [2.05, 4.69) is 22.5 Å². The molecule has 3 amide bonds. The second-order valence-electron chi connectivity index (χ2n) is 7.37. The number of carbonyl (C=O) groups excluding carboxylic acids is 3. The summed E-state index contributed by atoms with van der Waals surface area (Å²) in [5, 5.41) is 28.4. The van der Waals surface area contributed by atoms with Gasteiger partial charge in [-0.25, -0.2) is 0 Å². The van der Waals surface area contributed by atoms with E-state index in [1.54, 1.807) is 19.1 Å². The van der Waals surface area contributed by atoms with Crippen molar-refractivity contribution in [2.75, 3.05) is 18.5 Å². The van der Waals surface area contributed by atoms with Crippen molar-refractivity contribution in [1.29, 1.82) is 0 Å². The van der Waals surface area contributed by atoms with Crippen LogP contribution < -0.4 is 16.0 Å². The van der Waals surface area contributed by atoms with E-state index < -0.39 is 42.3 Å². The smallest absolute Gasteiger partial charge is 0.249 e. The molecule has 0 fully saturated rings. The number of hydrogen-bond donors (Lipinski definition) is 5. The summed E-state index contributed by atoms with van der Waals surface area (Å²) < 4.78 is 0. The predicted molar refractivity (Wildman–Crippen MR) is 119 cm³/mol. The third-order valence-electron chi connectivity index (χ3n) is 4.77. The van der Waals surface area contributed by atoms with Crippen LogP contribution in [-0.2, 0) is 14.4 Å². The average Bonchev–Trinajstić information content (AvgIpc) is 2.76. The van der Waals surface area contributed by atoms with Crippen molar-refractivity contribution in [3.8, 4) is 0 Å². The molecule has 0 bridgehead atoms. The fraction of sp³-hybridized carbons (Fsp3) is 0.348. The lowest BCUT2D eigenvalue weighted by Gasteiger charge is -2.21. The molecule has 0 unspecified atom stereocenters. The van der Waals surface area contributed by atoms with Crippen LogP contribution in [0, 0.1) is 5.92 Å². The summed E-state index contributed by atoms with van der Waals surface area (Å²) in [5.41, 5.74) is 0.538. The van der Waals surface area contributed by atoms with Crippen LogP contribution in [0.15, 0.2) is 55.1 Å². The molecule has 0 aliphatic carbocycles. The lowest BCUT2D eigenvalue weighted by molar-refractivity contribution is -0.133. The molecule has 0 saturated heterocycles. The number of carbonyl (C=O) groups is 3. The zero-order valence-electron chi connectivity index (χ0n) is 17.5. The van der Waals surface area contributed by atoms with E-state index in [-0.39, 0.29) is 19.4 Å². The van der Waals surface area contributed by atoms with Gasteiger partial charge in [0.25, 0.3) is 0 Å². The number of hydrogen-bond acceptors (Lipinski definition) is 5. The van der Waals surface area contributed by atoms with Crippen molar-refractivity contribution in [2.24, 2.45) is 5.92 Å². The van der Waals surface area contributed by atoms with Crippen LogP contribution in [0.5, 0.6) is 0 Å². The second-order valence-corrected chi connectivity index (χ2v) is 7.37. The molecule has 0 heterocycles. The summed E-state index contributed by atoms with van der Waals surface area (Å²) in [6.07, 6.45) is 1.60. The summed E-state index contributed by atoms with van der Waals surface area (Å²) in [5.74, 6) is -2.27. The van der Waals surface area contributed by atoms with Crippen molar-refractivity contribution in [3.63, 3.8) is 0 Å². The quantitative estimate of drug-likeness (QED) is 0.346. The maximum absolute atomic E-state index is 12.6. The Bertz CT molecular complexity index is 930. The number of anilines is 1. The summed E-state index contributed by atoms with van der Waals surface area (Å²) >= 11 is 0. The predicted octanol–water partition coefficient (Wildman–Crippen LogP) is 1.33. The first-order chi connectivity index (χ1) is 14.9. The van der Waals surface area contributed by atoms with Crippen LogP contribution in [0.1, 0.15) is 19.8 Å². The van der Waals surface area contributed by atoms with Gasteiger partial charge in [-0.2, -0.15) is 0 Å². The average molecular weight is 428 g/mol. The Morgan fingerprint density at radius 1 is 1.00 bits per heavy atom. The van der Waals surface area contributed by atoms with Gasteiger partial charge in [0.15, 0.2) is 0 Å². The number of rotatable bonds is 11. The van der Waals surface area contributed by atoms with Crippen LogP contribution in [0.2, 0.25) is 0 Å². The Morgan fingerprint density at radius 2 is 1.71 bits per heavy atom. The molecule has 166 valence electrons. The maximum Gasteiger partial charge on any atom is 0.249 e. The zero-order valence-corrected chi connectivity index (χ0v) is 17.5. The van der Waals surface area contributed by atoms with Gasteiger partial charge < -0.3 is 26.2 Å². The van der Waals surface area contributed by atoms with Gasteiger partial charge in [-0.3, -0.25) is 14.4 Å². The molecule has 31 heavy (non-hydrogen) atoms. The molecule has 8 nitrogen and oxygen atoms in total. The SMILES string of the molecule is C=CC[C@@H](CC(=O)N[C@@H](C)CO)C(=O)N[C@@H](CO)C(=O)Nc1ccc2ccccc2c1. The molecule has 2 rings (SSSR count). The highest BCUT2D eigenvalue weighted by molar-refractivity contribution is 5.99. The number of amides is 3. The van der Waals surface area contributed by atoms with Gasteiger partial charge >= 0.3 is 0 Å². The highest BCUT2D eigenvalue weighted by Gasteiger charge is 2.26. The number of aliphatic hydroxyl groups is 2. The number of aliphatic hydroxyl groups excluding tert-OH is 2. The normalized spacial score (nSPS) is 13.6. The van der Waals surface area contributed by atoms with E-state index in [4.69, 9.17) is 5.11 Å². The first-order valence-corrected chi connectivity index (χ1v) is 10.1. The minimum atomic E-state index is -1.18. The molecule has 0 radical (unpaired) electrons. The minimum absolute atomic E-state index is 0.132. The molecular formula is C23H29N3O5. The van der Waals surface area contributed by atoms with E-state index in [9.17, 15) is 19.5 Å². The van der Waals surface area contributed by atoms with Crippen molar-refractivity contribution in [2.45, 2.75) is 31.8 Å². The fourth-order valence-electron chi connectivity index (χ4n) is 3.07. The molecule has 0 spiro atoms. The van der Waals surface area contributed by atoms with Crippen LogP contribution in [-0.4, -0.2) is 53.2 Å². The Morgan fingerprint density at radius 3 is 2.35 bits per heavy atom. The van der Waals surface area contributed by atoms with E-state index in [0.29, 0.717) is 5.69 Å². The Hall–Kier alpha value is -3.23. The van der Waals surface area contributed by atoms with E-state index in [0.717, 1.165) is 10.8 Å². The van der Waals surface area contributed by atoms with Gasteiger partial charge in [-0.1, -0.05) is 36.4 Å². The Kier molecular flexibility index (Phi) is 9.17. The Labute approximate surface area is 181 Å². The number of allylic oxidation sites excluding steroid dienone is 1. The number of nitrogens with one attached hydrogen (secondary N) is 3. The number of fused-ring (bicyclic) bond motifs is 1. The van der Waals surface area contributed by atoms with Gasteiger partial charge in [0, 0.05) is 18.2 Å². The fourth-order valence-corrected chi connectivity index (χ4v) is 3.07. The van der Waals surface area contributed by atoms with Gasteiger partial charge in [-0.15, -0.1) is 6.58 Å². The van der Waals surface area contributed by atoms with Crippen LogP contribution in [0.25, 0.3) is 10.8 Å². The monoisotopic (exact) mass is 427 g/mol. The first kappa shape index (κ1) is 24.0.